The van der Waals surface area contributed by atoms with Gasteiger partial charge in [-0.15, -0.1) is 0 Å². The maximum atomic E-state index is 12.5. The van der Waals surface area contributed by atoms with Crippen LogP contribution in [0, 0.1) is 5.92 Å². The van der Waals surface area contributed by atoms with Crippen molar-refractivity contribution in [1.82, 2.24) is 9.88 Å². The topological polar surface area (TPSA) is 33.2 Å². The summed E-state index contributed by atoms with van der Waals surface area (Å²) >= 11 is 0.326. The number of nitrogens with zero attached hydrogens (tertiary/aromatic N) is 2. The molecule has 0 spiro atoms. The minimum atomic E-state index is -2.57. The van der Waals surface area contributed by atoms with E-state index in [1.165, 1.54) is 6.20 Å². The molecule has 1 saturated heterocycles. The van der Waals surface area contributed by atoms with Gasteiger partial charge < -0.3 is 4.90 Å². The minimum absolute atomic E-state index is 0.112. The standard InChI is InChI=1S/C13H16F2N2OS/c1-9-4-3-7-17(8-9)12(18)10-5-2-6-16-11(10)19-13(14)15/h2,5-6,9,13H,3-4,7-8H2,1H3. The van der Waals surface area contributed by atoms with Gasteiger partial charge in [-0.1, -0.05) is 6.92 Å². The first kappa shape index (κ1) is 14.2. The number of likely N-dealkylation sites (tertiary alicyclic amines) is 1. The molecule has 0 bridgehead atoms. The van der Waals surface area contributed by atoms with E-state index in [1.807, 2.05) is 0 Å². The fraction of sp³-hybridized carbons (Fsp3) is 0.538. The molecule has 1 aromatic heterocycles. The lowest BCUT2D eigenvalue weighted by Gasteiger charge is -2.31. The molecular formula is C13H16F2N2OS. The highest BCUT2D eigenvalue weighted by Crippen LogP contribution is 2.28. The van der Waals surface area contributed by atoms with Crippen molar-refractivity contribution in [3.63, 3.8) is 0 Å². The maximum Gasteiger partial charge on any atom is 0.290 e. The largest absolute Gasteiger partial charge is 0.338 e. The molecule has 0 aliphatic carbocycles. The third-order valence-corrected chi connectivity index (χ3v) is 3.87. The first-order chi connectivity index (χ1) is 9.08. The second kappa shape index (κ2) is 6.32. The molecule has 1 aromatic rings. The van der Waals surface area contributed by atoms with Crippen LogP contribution in [0.15, 0.2) is 23.4 Å². The summed E-state index contributed by atoms with van der Waals surface area (Å²) in [7, 11) is 0. The predicted octanol–water partition coefficient (Wildman–Crippen LogP) is 3.27. The van der Waals surface area contributed by atoms with Gasteiger partial charge in [-0.25, -0.2) is 4.98 Å². The Labute approximate surface area is 115 Å². The monoisotopic (exact) mass is 286 g/mol. The highest BCUT2D eigenvalue weighted by Gasteiger charge is 2.25. The van der Waals surface area contributed by atoms with Crippen LogP contribution in [0.2, 0.25) is 0 Å². The molecule has 0 saturated carbocycles. The van der Waals surface area contributed by atoms with Crippen molar-refractivity contribution in [2.75, 3.05) is 13.1 Å². The van der Waals surface area contributed by atoms with Gasteiger partial charge in [-0.3, -0.25) is 4.79 Å². The Hall–Kier alpha value is -1.17. The summed E-state index contributed by atoms with van der Waals surface area (Å²) in [4.78, 5) is 18.0. The number of thioether (sulfide) groups is 1. The molecule has 2 rings (SSSR count). The fourth-order valence-corrected chi connectivity index (χ4v) is 2.85. The van der Waals surface area contributed by atoms with Gasteiger partial charge in [-0.2, -0.15) is 8.78 Å². The second-order valence-electron chi connectivity index (χ2n) is 4.73. The average Bonchev–Trinajstić information content (AvgIpc) is 2.38. The zero-order valence-electron chi connectivity index (χ0n) is 10.7. The smallest absolute Gasteiger partial charge is 0.290 e. The number of carbonyl (C=O) groups excluding carboxylic acids is 1. The number of aromatic nitrogens is 1. The summed E-state index contributed by atoms with van der Waals surface area (Å²) in [6.45, 7) is 3.47. The summed E-state index contributed by atoms with van der Waals surface area (Å²) < 4.78 is 24.9. The molecule has 2 heterocycles. The van der Waals surface area contributed by atoms with E-state index >= 15 is 0 Å². The van der Waals surface area contributed by atoms with E-state index in [1.54, 1.807) is 17.0 Å². The van der Waals surface area contributed by atoms with Crippen LogP contribution in [0.5, 0.6) is 0 Å². The Morgan fingerprint density at radius 2 is 2.37 bits per heavy atom. The SMILES string of the molecule is CC1CCCN(C(=O)c2cccnc2SC(F)F)C1. The van der Waals surface area contributed by atoms with Crippen LogP contribution in [0.3, 0.4) is 0 Å². The minimum Gasteiger partial charge on any atom is -0.338 e. The van der Waals surface area contributed by atoms with Gasteiger partial charge in [0.05, 0.1) is 5.56 Å². The van der Waals surface area contributed by atoms with Gasteiger partial charge in [0, 0.05) is 19.3 Å². The van der Waals surface area contributed by atoms with Gasteiger partial charge in [0.25, 0.3) is 11.7 Å². The van der Waals surface area contributed by atoms with Gasteiger partial charge >= 0.3 is 0 Å². The van der Waals surface area contributed by atoms with Crippen molar-refractivity contribution in [2.45, 2.75) is 30.5 Å². The van der Waals surface area contributed by atoms with Gasteiger partial charge in [-0.05, 0) is 42.7 Å². The zero-order valence-corrected chi connectivity index (χ0v) is 11.5. The van der Waals surface area contributed by atoms with Gasteiger partial charge in [0.15, 0.2) is 0 Å². The van der Waals surface area contributed by atoms with Crippen molar-refractivity contribution < 1.29 is 13.6 Å². The molecule has 3 nitrogen and oxygen atoms in total. The average molecular weight is 286 g/mol. The third-order valence-electron chi connectivity index (χ3n) is 3.15. The molecule has 1 atom stereocenters. The molecule has 1 aliphatic rings. The molecule has 0 aromatic carbocycles. The number of alkyl halides is 2. The van der Waals surface area contributed by atoms with Gasteiger partial charge in [0.1, 0.15) is 5.03 Å². The van der Waals surface area contributed by atoms with Crippen LogP contribution < -0.4 is 0 Å². The lowest BCUT2D eigenvalue weighted by molar-refractivity contribution is 0.0678. The number of rotatable bonds is 3. The first-order valence-electron chi connectivity index (χ1n) is 6.27. The van der Waals surface area contributed by atoms with E-state index in [-0.39, 0.29) is 16.5 Å². The number of halogens is 2. The lowest BCUT2D eigenvalue weighted by Crippen LogP contribution is -2.39. The van der Waals surface area contributed by atoms with E-state index in [0.717, 1.165) is 12.8 Å². The molecule has 0 radical (unpaired) electrons. The summed E-state index contributed by atoms with van der Waals surface area (Å²) in [5.74, 6) is -2.30. The van der Waals surface area contributed by atoms with Crippen LogP contribution in [-0.2, 0) is 0 Å². The quantitative estimate of drug-likeness (QED) is 0.800. The van der Waals surface area contributed by atoms with Crippen molar-refractivity contribution >= 4 is 17.7 Å². The number of amides is 1. The fourth-order valence-electron chi connectivity index (χ4n) is 2.28. The molecule has 19 heavy (non-hydrogen) atoms. The van der Waals surface area contributed by atoms with Crippen molar-refractivity contribution in [2.24, 2.45) is 5.92 Å². The van der Waals surface area contributed by atoms with Crippen molar-refractivity contribution in [3.05, 3.63) is 23.9 Å². The molecule has 0 N–H and O–H groups in total. The number of hydrogen-bond donors (Lipinski definition) is 0. The van der Waals surface area contributed by atoms with Gasteiger partial charge in [0.2, 0.25) is 0 Å². The van der Waals surface area contributed by atoms with E-state index in [0.29, 0.717) is 30.8 Å². The number of pyridine rings is 1. The number of piperidine rings is 1. The van der Waals surface area contributed by atoms with E-state index in [4.69, 9.17) is 0 Å². The summed E-state index contributed by atoms with van der Waals surface area (Å²) in [5.41, 5.74) is 0.280. The van der Waals surface area contributed by atoms with Crippen LogP contribution in [0.1, 0.15) is 30.1 Å². The van der Waals surface area contributed by atoms with E-state index < -0.39 is 5.76 Å². The number of hydrogen-bond acceptors (Lipinski definition) is 3. The van der Waals surface area contributed by atoms with Crippen molar-refractivity contribution in [3.8, 4) is 0 Å². The molecule has 1 unspecified atom stereocenters. The Morgan fingerprint density at radius 1 is 1.58 bits per heavy atom. The summed E-state index contributed by atoms with van der Waals surface area (Å²) in [6.07, 6.45) is 3.50. The Morgan fingerprint density at radius 3 is 3.05 bits per heavy atom. The second-order valence-corrected chi connectivity index (χ2v) is 5.71. The van der Waals surface area contributed by atoms with Crippen LogP contribution in [0.25, 0.3) is 0 Å². The van der Waals surface area contributed by atoms with Crippen LogP contribution in [0.4, 0.5) is 8.78 Å². The molecule has 6 heteroatoms. The summed E-state index contributed by atoms with van der Waals surface area (Å²) in [6, 6.07) is 3.18. The molecule has 1 amide bonds. The highest BCUT2D eigenvalue weighted by molar-refractivity contribution is 7.99. The highest BCUT2D eigenvalue weighted by atomic mass is 32.2. The van der Waals surface area contributed by atoms with E-state index in [9.17, 15) is 13.6 Å². The number of carbonyl (C=O) groups is 1. The lowest BCUT2D eigenvalue weighted by atomic mass is 10.00. The zero-order chi connectivity index (χ0) is 13.8. The first-order valence-corrected chi connectivity index (χ1v) is 7.15. The Bertz CT molecular complexity index is 456. The van der Waals surface area contributed by atoms with Crippen LogP contribution in [-0.4, -0.2) is 34.6 Å². The normalized spacial score (nSPS) is 19.8. The van der Waals surface area contributed by atoms with Crippen molar-refractivity contribution in [1.29, 1.82) is 0 Å². The Kier molecular flexibility index (Phi) is 4.74. The third kappa shape index (κ3) is 3.65. The predicted molar refractivity (Wildman–Crippen MR) is 70.4 cm³/mol. The Balaban J connectivity index is 2.18. The molecular weight excluding hydrogens is 270 g/mol. The maximum absolute atomic E-state index is 12.5. The molecule has 1 fully saturated rings. The van der Waals surface area contributed by atoms with E-state index in [2.05, 4.69) is 11.9 Å². The molecule has 1 aliphatic heterocycles. The molecule has 104 valence electrons. The summed E-state index contributed by atoms with van der Waals surface area (Å²) in [5, 5.41) is 0.112. The van der Waals surface area contributed by atoms with Crippen LogP contribution >= 0.6 is 11.8 Å².